The lowest BCUT2D eigenvalue weighted by molar-refractivity contribution is -0.135. The Morgan fingerprint density at radius 1 is 0.547 bits per heavy atom. The van der Waals surface area contributed by atoms with Crippen LogP contribution in [-0.4, -0.2) is 109 Å². The van der Waals surface area contributed by atoms with Gasteiger partial charge in [-0.15, -0.1) is 0 Å². The van der Waals surface area contributed by atoms with Gasteiger partial charge in [-0.3, -0.25) is 33.6 Å². The number of benzene rings is 1. The predicted octanol–water partition coefficient (Wildman–Crippen LogP) is 2.66. The number of unbranched alkanes of at least 4 members (excludes halogenated alkanes) is 14. The summed E-state index contributed by atoms with van der Waals surface area (Å²) >= 11 is 0. The molecule has 364 valence electrons. The average Bonchev–Trinajstić information content (AvgIpc) is 3.27. The summed E-state index contributed by atoms with van der Waals surface area (Å²) in [5.74, 6) is -4.14. The van der Waals surface area contributed by atoms with Gasteiger partial charge in [0.05, 0.1) is 12.6 Å². The van der Waals surface area contributed by atoms with Gasteiger partial charge in [0.25, 0.3) is 0 Å². The highest BCUT2D eigenvalue weighted by Gasteiger charge is 2.33. The quantitative estimate of drug-likeness (QED) is 0.0436. The number of hydrogen-bond donors (Lipinski definition) is 10. The Labute approximate surface area is 382 Å². The van der Waals surface area contributed by atoms with Crippen LogP contribution in [0.25, 0.3) is 0 Å². The molecule has 1 rings (SSSR count). The van der Waals surface area contributed by atoms with Gasteiger partial charge in [-0.05, 0) is 77.4 Å². The standard InChI is InChI=1S/C47H83N9O8/c1-5-6-7-8-9-10-11-12-13-14-15-16-20-29-40(58)51-33-41(59)52-34(2)43(60)53-37(27-21-23-30-48)44(61)55-39(32-36-25-18-17-19-26-36)46(63)54-38(28-22-24-31-49)45(62)56-42(35(3)57)47(64)50-4/h17-19,25-26,34-35,37-39,42,57H,5-16,20-24,27-33,48-49H2,1-4H3,(H,50,64)(H,51,58)(H,52,59)(H,53,60)(H,54,63)(H,55,61)(H,56,62)/t34-,35+,37-,38-,39-,42-/m0/s1. The molecule has 0 spiro atoms. The fourth-order valence-electron chi connectivity index (χ4n) is 7.17. The van der Waals surface area contributed by atoms with Crippen LogP contribution in [0.1, 0.15) is 155 Å². The Balaban J connectivity index is 2.87. The highest BCUT2D eigenvalue weighted by Crippen LogP contribution is 2.13. The first kappa shape index (κ1) is 57.4. The third-order valence-electron chi connectivity index (χ3n) is 11.1. The summed E-state index contributed by atoms with van der Waals surface area (Å²) in [6.07, 6.45) is 17.1. The van der Waals surface area contributed by atoms with E-state index in [1.54, 1.807) is 30.3 Å². The molecule has 7 amide bonds. The molecule has 0 unspecified atom stereocenters. The molecule has 0 saturated carbocycles. The van der Waals surface area contributed by atoms with Crippen molar-refractivity contribution in [2.45, 2.75) is 192 Å². The lowest BCUT2D eigenvalue weighted by Crippen LogP contribution is -2.60. The smallest absolute Gasteiger partial charge is 0.245 e. The molecule has 17 nitrogen and oxygen atoms in total. The van der Waals surface area contributed by atoms with Crippen LogP contribution in [0.2, 0.25) is 0 Å². The van der Waals surface area contributed by atoms with E-state index in [4.69, 9.17) is 11.5 Å². The van der Waals surface area contributed by atoms with Gasteiger partial charge in [0.2, 0.25) is 41.4 Å². The number of aliphatic hydroxyl groups is 1. The fourth-order valence-corrected chi connectivity index (χ4v) is 7.17. The van der Waals surface area contributed by atoms with Gasteiger partial charge in [-0.1, -0.05) is 114 Å². The second-order valence-electron chi connectivity index (χ2n) is 16.8. The van der Waals surface area contributed by atoms with Crippen molar-refractivity contribution in [1.29, 1.82) is 0 Å². The third-order valence-corrected chi connectivity index (χ3v) is 11.1. The van der Waals surface area contributed by atoms with Crippen molar-refractivity contribution in [1.82, 2.24) is 37.2 Å². The largest absolute Gasteiger partial charge is 0.391 e. The van der Waals surface area contributed by atoms with Crippen LogP contribution in [0.4, 0.5) is 0 Å². The zero-order valence-electron chi connectivity index (χ0n) is 39.3. The molecule has 1 aromatic carbocycles. The van der Waals surface area contributed by atoms with Crippen molar-refractivity contribution < 1.29 is 38.7 Å². The van der Waals surface area contributed by atoms with Crippen LogP contribution in [0, 0.1) is 0 Å². The lowest BCUT2D eigenvalue weighted by atomic mass is 10.0. The Hall–Kier alpha value is -4.61. The van der Waals surface area contributed by atoms with Gasteiger partial charge in [0.15, 0.2) is 0 Å². The Morgan fingerprint density at radius 3 is 1.52 bits per heavy atom. The van der Waals surface area contributed by atoms with Gasteiger partial charge in [-0.2, -0.15) is 0 Å². The van der Waals surface area contributed by atoms with Gasteiger partial charge in [0, 0.05) is 19.9 Å². The topological polar surface area (TPSA) is 276 Å². The van der Waals surface area contributed by atoms with Crippen molar-refractivity contribution in [3.8, 4) is 0 Å². The number of aliphatic hydroxyl groups excluding tert-OH is 1. The Kier molecular flexibility index (Phi) is 32.0. The molecule has 0 bridgehead atoms. The van der Waals surface area contributed by atoms with E-state index in [0.29, 0.717) is 50.8 Å². The summed E-state index contributed by atoms with van der Waals surface area (Å²) in [4.78, 5) is 92.4. The molecule has 12 N–H and O–H groups in total. The lowest BCUT2D eigenvalue weighted by Gasteiger charge is -2.27. The van der Waals surface area contributed by atoms with Crippen LogP contribution < -0.4 is 48.7 Å². The summed E-state index contributed by atoms with van der Waals surface area (Å²) < 4.78 is 0. The number of likely N-dealkylation sites (N-methyl/N-ethyl adjacent to an activating group) is 1. The molecule has 0 aliphatic carbocycles. The van der Waals surface area contributed by atoms with Crippen LogP contribution in [0.3, 0.4) is 0 Å². The van der Waals surface area contributed by atoms with E-state index >= 15 is 0 Å². The molecule has 0 aliphatic heterocycles. The maximum atomic E-state index is 14.0. The Bertz CT molecular complexity index is 1500. The number of hydrogen-bond acceptors (Lipinski definition) is 10. The summed E-state index contributed by atoms with van der Waals surface area (Å²) in [5.41, 5.74) is 12.1. The highest BCUT2D eigenvalue weighted by molar-refractivity contribution is 5.96. The normalized spacial score (nSPS) is 13.9. The highest BCUT2D eigenvalue weighted by atomic mass is 16.3. The van der Waals surface area contributed by atoms with E-state index in [1.807, 2.05) is 0 Å². The molecular formula is C47H83N9O8. The molecule has 64 heavy (non-hydrogen) atoms. The summed E-state index contributed by atoms with van der Waals surface area (Å²) in [7, 11) is 1.37. The summed E-state index contributed by atoms with van der Waals surface area (Å²) in [6.45, 7) is 5.44. The van der Waals surface area contributed by atoms with E-state index in [1.165, 1.54) is 78.7 Å². The molecule has 0 heterocycles. The first-order valence-corrected chi connectivity index (χ1v) is 23.9. The maximum absolute atomic E-state index is 14.0. The summed E-state index contributed by atoms with van der Waals surface area (Å²) in [6, 6.07) is 3.10. The predicted molar refractivity (Wildman–Crippen MR) is 250 cm³/mol. The molecule has 17 heteroatoms. The van der Waals surface area contributed by atoms with Gasteiger partial charge < -0.3 is 53.8 Å². The van der Waals surface area contributed by atoms with Crippen molar-refractivity contribution >= 4 is 41.4 Å². The van der Waals surface area contributed by atoms with Crippen LogP contribution in [-0.2, 0) is 40.0 Å². The molecule has 0 saturated heterocycles. The second-order valence-corrected chi connectivity index (χ2v) is 16.8. The monoisotopic (exact) mass is 902 g/mol. The molecule has 1 aromatic rings. The number of carbonyl (C=O) groups is 7. The minimum absolute atomic E-state index is 0.0328. The van der Waals surface area contributed by atoms with Crippen LogP contribution >= 0.6 is 0 Å². The first-order chi connectivity index (χ1) is 30.8. The minimum Gasteiger partial charge on any atom is -0.391 e. The van der Waals surface area contributed by atoms with Crippen molar-refractivity contribution in [3.63, 3.8) is 0 Å². The number of nitrogens with two attached hydrogens (primary N) is 2. The van der Waals surface area contributed by atoms with Gasteiger partial charge in [-0.25, -0.2) is 0 Å². The van der Waals surface area contributed by atoms with Crippen molar-refractivity contribution in [2.75, 3.05) is 26.7 Å². The average molecular weight is 902 g/mol. The van der Waals surface area contributed by atoms with E-state index in [9.17, 15) is 38.7 Å². The first-order valence-electron chi connectivity index (χ1n) is 23.9. The summed E-state index contributed by atoms with van der Waals surface area (Å²) in [5, 5.41) is 28.5. The molecular weight excluding hydrogens is 819 g/mol. The molecule has 0 radical (unpaired) electrons. The van der Waals surface area contributed by atoms with E-state index in [0.717, 1.165) is 25.7 Å². The van der Waals surface area contributed by atoms with Crippen molar-refractivity contribution in [3.05, 3.63) is 35.9 Å². The van der Waals surface area contributed by atoms with E-state index in [2.05, 4.69) is 44.1 Å². The number of nitrogens with one attached hydrogen (secondary N) is 7. The minimum atomic E-state index is -1.28. The van der Waals surface area contributed by atoms with Gasteiger partial charge in [0.1, 0.15) is 30.2 Å². The SMILES string of the molecule is CCCCCCCCCCCCCCCC(=O)NCC(=O)N[C@@H](C)C(=O)N[C@@H](CCCCN)C(=O)N[C@@H](Cc1ccccc1)C(=O)N[C@@H](CCCCN)C(=O)N[C@H](C(=O)NC)[C@@H](C)O. The van der Waals surface area contributed by atoms with E-state index in [-0.39, 0.29) is 31.7 Å². The zero-order valence-corrected chi connectivity index (χ0v) is 39.3. The molecule has 0 aromatic heterocycles. The number of rotatable bonds is 37. The fraction of sp³-hybridized carbons (Fsp3) is 0.723. The zero-order chi connectivity index (χ0) is 47.5. The Morgan fingerprint density at radius 2 is 1.02 bits per heavy atom. The molecule has 0 aliphatic rings. The van der Waals surface area contributed by atoms with Crippen molar-refractivity contribution in [2.24, 2.45) is 11.5 Å². The molecule has 0 fully saturated rings. The number of amides is 7. The van der Waals surface area contributed by atoms with Gasteiger partial charge >= 0.3 is 0 Å². The van der Waals surface area contributed by atoms with Crippen LogP contribution in [0.15, 0.2) is 30.3 Å². The third kappa shape index (κ3) is 26.2. The van der Waals surface area contributed by atoms with Crippen LogP contribution in [0.5, 0.6) is 0 Å². The second kappa shape index (κ2) is 35.7. The maximum Gasteiger partial charge on any atom is 0.245 e. The van der Waals surface area contributed by atoms with E-state index < -0.39 is 71.8 Å². The molecule has 6 atom stereocenters. The number of carbonyl (C=O) groups excluding carboxylic acids is 7.